The predicted octanol–water partition coefficient (Wildman–Crippen LogP) is 3.33. The number of anilines is 2. The lowest BCUT2D eigenvalue weighted by Gasteiger charge is -2.05. The van der Waals surface area contributed by atoms with Gasteiger partial charge in [0.2, 0.25) is 0 Å². The Labute approximate surface area is 138 Å². The van der Waals surface area contributed by atoms with Gasteiger partial charge in [0.15, 0.2) is 17.0 Å². The fourth-order valence-corrected chi connectivity index (χ4v) is 2.77. The van der Waals surface area contributed by atoms with E-state index in [4.69, 9.17) is 0 Å². The SMILES string of the molecule is C=C(C)Cn1nc(C)c2cc(Nc3n[nH]c4nccnc34)ccc21. The number of aromatic amines is 1. The van der Waals surface area contributed by atoms with Crippen LogP contribution in [0.4, 0.5) is 11.5 Å². The summed E-state index contributed by atoms with van der Waals surface area (Å²) in [6.45, 7) is 8.70. The molecule has 7 nitrogen and oxygen atoms in total. The van der Waals surface area contributed by atoms with Crippen molar-refractivity contribution in [3.8, 4) is 0 Å². The quantitative estimate of drug-likeness (QED) is 0.564. The molecule has 4 aromatic rings. The molecule has 120 valence electrons. The van der Waals surface area contributed by atoms with Gasteiger partial charge >= 0.3 is 0 Å². The van der Waals surface area contributed by atoms with Gasteiger partial charge < -0.3 is 5.32 Å². The van der Waals surface area contributed by atoms with Gasteiger partial charge in [-0.1, -0.05) is 12.2 Å². The molecule has 3 aromatic heterocycles. The van der Waals surface area contributed by atoms with Crippen LogP contribution in [-0.4, -0.2) is 29.9 Å². The second kappa shape index (κ2) is 5.45. The first-order valence-corrected chi connectivity index (χ1v) is 7.65. The molecule has 0 saturated heterocycles. The molecule has 3 heterocycles. The first-order valence-electron chi connectivity index (χ1n) is 7.65. The van der Waals surface area contributed by atoms with E-state index < -0.39 is 0 Å². The summed E-state index contributed by atoms with van der Waals surface area (Å²) < 4.78 is 1.98. The lowest BCUT2D eigenvalue weighted by Crippen LogP contribution is -2.00. The van der Waals surface area contributed by atoms with E-state index in [1.54, 1.807) is 12.4 Å². The van der Waals surface area contributed by atoms with E-state index in [-0.39, 0.29) is 0 Å². The molecule has 7 heteroatoms. The van der Waals surface area contributed by atoms with Gasteiger partial charge in [0.1, 0.15) is 0 Å². The Balaban J connectivity index is 1.73. The molecule has 0 aliphatic rings. The van der Waals surface area contributed by atoms with Crippen LogP contribution >= 0.6 is 0 Å². The molecule has 0 aliphatic carbocycles. The number of allylic oxidation sites excluding steroid dienone is 1. The Morgan fingerprint density at radius 1 is 1.29 bits per heavy atom. The highest BCUT2D eigenvalue weighted by atomic mass is 15.3. The summed E-state index contributed by atoms with van der Waals surface area (Å²) >= 11 is 0. The van der Waals surface area contributed by atoms with Crippen molar-refractivity contribution >= 4 is 33.6 Å². The van der Waals surface area contributed by atoms with Crippen molar-refractivity contribution < 1.29 is 0 Å². The molecular formula is C17H17N7. The Kier molecular flexibility index (Phi) is 3.26. The number of nitrogens with zero attached hydrogens (tertiary/aromatic N) is 5. The zero-order valence-corrected chi connectivity index (χ0v) is 13.5. The van der Waals surface area contributed by atoms with Gasteiger partial charge in [-0.2, -0.15) is 10.2 Å². The molecule has 2 N–H and O–H groups in total. The molecule has 0 atom stereocenters. The number of rotatable bonds is 4. The molecule has 0 saturated carbocycles. The van der Waals surface area contributed by atoms with Gasteiger partial charge in [-0.3, -0.25) is 9.78 Å². The van der Waals surface area contributed by atoms with Crippen LogP contribution in [-0.2, 0) is 6.54 Å². The Morgan fingerprint density at radius 2 is 2.12 bits per heavy atom. The Morgan fingerprint density at radius 3 is 2.96 bits per heavy atom. The number of benzene rings is 1. The van der Waals surface area contributed by atoms with Crippen LogP contribution in [0, 0.1) is 6.92 Å². The van der Waals surface area contributed by atoms with Crippen molar-refractivity contribution in [1.82, 2.24) is 29.9 Å². The van der Waals surface area contributed by atoms with E-state index in [0.717, 1.165) is 34.4 Å². The molecule has 1 aromatic carbocycles. The van der Waals surface area contributed by atoms with Crippen molar-refractivity contribution in [3.63, 3.8) is 0 Å². The second-order valence-corrected chi connectivity index (χ2v) is 5.88. The van der Waals surface area contributed by atoms with Crippen molar-refractivity contribution in [2.24, 2.45) is 0 Å². The zero-order valence-electron chi connectivity index (χ0n) is 13.5. The van der Waals surface area contributed by atoms with E-state index in [9.17, 15) is 0 Å². The van der Waals surface area contributed by atoms with Crippen LogP contribution < -0.4 is 5.32 Å². The Bertz CT molecular complexity index is 1060. The normalized spacial score (nSPS) is 11.2. The van der Waals surface area contributed by atoms with Crippen LogP contribution in [0.5, 0.6) is 0 Å². The molecule has 24 heavy (non-hydrogen) atoms. The van der Waals surface area contributed by atoms with E-state index in [1.807, 2.05) is 24.6 Å². The van der Waals surface area contributed by atoms with Crippen LogP contribution in [0.1, 0.15) is 12.6 Å². The number of hydrogen-bond acceptors (Lipinski definition) is 5. The second-order valence-electron chi connectivity index (χ2n) is 5.88. The summed E-state index contributed by atoms with van der Waals surface area (Å²) in [5, 5.41) is 16.1. The summed E-state index contributed by atoms with van der Waals surface area (Å²) in [6.07, 6.45) is 3.29. The van der Waals surface area contributed by atoms with E-state index in [1.165, 1.54) is 0 Å². The van der Waals surface area contributed by atoms with Crippen LogP contribution in [0.15, 0.2) is 42.7 Å². The van der Waals surface area contributed by atoms with Crippen LogP contribution in [0.25, 0.3) is 22.1 Å². The largest absolute Gasteiger partial charge is 0.337 e. The highest BCUT2D eigenvalue weighted by molar-refractivity contribution is 5.89. The van der Waals surface area contributed by atoms with Crippen molar-refractivity contribution in [3.05, 3.63) is 48.4 Å². The highest BCUT2D eigenvalue weighted by Gasteiger charge is 2.11. The average Bonchev–Trinajstić information content (AvgIpc) is 3.09. The lowest BCUT2D eigenvalue weighted by atomic mass is 10.2. The molecule has 4 rings (SSSR count). The van der Waals surface area contributed by atoms with Gasteiger partial charge in [-0.05, 0) is 32.0 Å². The average molecular weight is 319 g/mol. The van der Waals surface area contributed by atoms with Gasteiger partial charge in [0, 0.05) is 23.5 Å². The van der Waals surface area contributed by atoms with Gasteiger partial charge in [-0.25, -0.2) is 9.97 Å². The standard InChI is InChI=1S/C17H17N7/c1-10(2)9-24-14-5-4-12(8-13(14)11(3)23-24)20-17-15-16(21-22-17)19-7-6-18-15/h4-8H,1,9H2,2-3H3,(H2,19,20,21,22). The lowest BCUT2D eigenvalue weighted by molar-refractivity contribution is 0.695. The zero-order chi connectivity index (χ0) is 16.7. The van der Waals surface area contributed by atoms with E-state index in [0.29, 0.717) is 17.0 Å². The van der Waals surface area contributed by atoms with Crippen molar-refractivity contribution in [2.75, 3.05) is 5.32 Å². The molecule has 0 amide bonds. The van der Waals surface area contributed by atoms with Crippen molar-refractivity contribution in [1.29, 1.82) is 0 Å². The fourth-order valence-electron chi connectivity index (χ4n) is 2.77. The van der Waals surface area contributed by atoms with Crippen molar-refractivity contribution in [2.45, 2.75) is 20.4 Å². The molecular weight excluding hydrogens is 302 g/mol. The maximum Gasteiger partial charge on any atom is 0.180 e. The Hall–Kier alpha value is -3.22. The number of nitrogens with one attached hydrogen (secondary N) is 2. The summed E-state index contributed by atoms with van der Waals surface area (Å²) in [5.74, 6) is 0.657. The fraction of sp³-hybridized carbons (Fsp3) is 0.176. The van der Waals surface area contributed by atoms with Crippen LogP contribution in [0.2, 0.25) is 0 Å². The predicted molar refractivity (Wildman–Crippen MR) is 94.3 cm³/mol. The summed E-state index contributed by atoms with van der Waals surface area (Å²) in [6, 6.07) is 6.14. The molecule has 0 fully saturated rings. The maximum atomic E-state index is 4.60. The maximum absolute atomic E-state index is 4.60. The third-order valence-corrected chi connectivity index (χ3v) is 3.81. The molecule has 0 spiro atoms. The number of aromatic nitrogens is 6. The minimum atomic E-state index is 0.657. The number of aryl methyl sites for hydroxylation is 1. The third kappa shape index (κ3) is 2.40. The molecule has 0 bridgehead atoms. The minimum absolute atomic E-state index is 0.657. The summed E-state index contributed by atoms with van der Waals surface area (Å²) in [4.78, 5) is 8.51. The highest BCUT2D eigenvalue weighted by Crippen LogP contribution is 2.26. The molecule has 0 aliphatic heterocycles. The van der Waals surface area contributed by atoms with E-state index >= 15 is 0 Å². The monoisotopic (exact) mass is 319 g/mol. The number of H-pyrrole nitrogens is 1. The molecule has 0 unspecified atom stereocenters. The minimum Gasteiger partial charge on any atom is -0.337 e. The number of hydrogen-bond donors (Lipinski definition) is 2. The van der Waals surface area contributed by atoms with Gasteiger partial charge in [0.25, 0.3) is 0 Å². The number of fused-ring (bicyclic) bond motifs is 2. The van der Waals surface area contributed by atoms with Crippen LogP contribution in [0.3, 0.4) is 0 Å². The third-order valence-electron chi connectivity index (χ3n) is 3.81. The summed E-state index contributed by atoms with van der Waals surface area (Å²) in [7, 11) is 0. The first-order chi connectivity index (χ1) is 11.6. The first kappa shape index (κ1) is 14.4. The molecule has 0 radical (unpaired) electrons. The smallest absolute Gasteiger partial charge is 0.180 e. The van der Waals surface area contributed by atoms with Gasteiger partial charge in [-0.15, -0.1) is 0 Å². The van der Waals surface area contributed by atoms with Gasteiger partial charge in [0.05, 0.1) is 17.8 Å². The summed E-state index contributed by atoms with van der Waals surface area (Å²) in [5.41, 5.74) is 5.45. The van der Waals surface area contributed by atoms with E-state index in [2.05, 4.69) is 49.3 Å². The topological polar surface area (TPSA) is 84.3 Å².